The Labute approximate surface area is 72.9 Å². The highest BCUT2D eigenvalue weighted by Crippen LogP contribution is 2.41. The van der Waals surface area contributed by atoms with Crippen LogP contribution in [0.15, 0.2) is 0 Å². The summed E-state index contributed by atoms with van der Waals surface area (Å²) in [7, 11) is 0. The van der Waals surface area contributed by atoms with Crippen LogP contribution in [0.25, 0.3) is 0 Å². The number of rotatable bonds is 0. The third-order valence-corrected chi connectivity index (χ3v) is 4.35. The highest BCUT2D eigenvalue weighted by Gasteiger charge is 2.34. The van der Waals surface area contributed by atoms with Gasteiger partial charge in [-0.05, 0) is 31.4 Å². The van der Waals surface area contributed by atoms with E-state index in [0.29, 0.717) is 4.75 Å². The molecule has 2 fully saturated rings. The van der Waals surface area contributed by atoms with E-state index in [-0.39, 0.29) is 0 Å². The van der Waals surface area contributed by atoms with Gasteiger partial charge in [-0.3, -0.25) is 0 Å². The Bertz CT molecular complexity index is 104. The van der Waals surface area contributed by atoms with E-state index in [1.54, 1.807) is 0 Å². The molecule has 64 valence electrons. The zero-order valence-corrected chi connectivity index (χ0v) is 7.79. The van der Waals surface area contributed by atoms with Crippen molar-refractivity contribution in [2.45, 2.75) is 36.9 Å². The van der Waals surface area contributed by atoms with Crippen molar-refractivity contribution in [3.63, 3.8) is 0 Å². The number of thioether (sulfide) groups is 1. The van der Waals surface area contributed by atoms with E-state index in [0.717, 1.165) is 13.2 Å². The summed E-state index contributed by atoms with van der Waals surface area (Å²) in [5.41, 5.74) is 0. The predicted molar refractivity (Wildman–Crippen MR) is 49.1 cm³/mol. The topological polar surface area (TPSA) is 9.23 Å². The fourth-order valence-electron chi connectivity index (χ4n) is 2.05. The van der Waals surface area contributed by atoms with Gasteiger partial charge in [0.25, 0.3) is 0 Å². The Morgan fingerprint density at radius 1 is 1.09 bits per heavy atom. The molecular formula is C9H16OS. The molecule has 0 aliphatic carbocycles. The lowest BCUT2D eigenvalue weighted by Gasteiger charge is -2.39. The normalized spacial score (nSPS) is 39.3. The molecule has 2 heteroatoms. The van der Waals surface area contributed by atoms with Gasteiger partial charge in [0.15, 0.2) is 0 Å². The van der Waals surface area contributed by atoms with Crippen LogP contribution in [0.2, 0.25) is 0 Å². The smallest absolute Gasteiger partial charge is 0.0613 e. The molecule has 1 nitrogen and oxygen atoms in total. The van der Waals surface area contributed by atoms with E-state index >= 15 is 0 Å². The minimum Gasteiger partial charge on any atom is -0.380 e. The first-order valence-electron chi connectivity index (χ1n) is 4.63. The lowest BCUT2D eigenvalue weighted by molar-refractivity contribution is 0.0648. The minimum atomic E-state index is 0.552. The maximum atomic E-state index is 5.54. The molecule has 2 aliphatic heterocycles. The minimum absolute atomic E-state index is 0.552. The van der Waals surface area contributed by atoms with Crippen molar-refractivity contribution in [1.82, 2.24) is 0 Å². The molecule has 0 aromatic heterocycles. The standard InChI is InChI=1S/C9H16OS/c1-2-7-11-9(4-1)5-3-6-10-8-9/h1-8H2. The quantitative estimate of drug-likeness (QED) is 0.555. The molecule has 0 aromatic rings. The summed E-state index contributed by atoms with van der Waals surface area (Å²) < 4.78 is 6.09. The van der Waals surface area contributed by atoms with Crippen molar-refractivity contribution in [2.24, 2.45) is 0 Å². The predicted octanol–water partition coefficient (Wildman–Crippen LogP) is 2.45. The second-order valence-electron chi connectivity index (χ2n) is 3.64. The van der Waals surface area contributed by atoms with Crippen LogP contribution in [-0.4, -0.2) is 23.7 Å². The van der Waals surface area contributed by atoms with Crippen molar-refractivity contribution in [3.05, 3.63) is 0 Å². The van der Waals surface area contributed by atoms with Crippen LogP contribution in [0, 0.1) is 0 Å². The molecule has 0 bridgehead atoms. The number of ether oxygens (including phenoxy) is 1. The van der Waals surface area contributed by atoms with Crippen molar-refractivity contribution < 1.29 is 4.74 Å². The van der Waals surface area contributed by atoms with E-state index in [1.165, 1.54) is 37.9 Å². The van der Waals surface area contributed by atoms with Crippen molar-refractivity contribution >= 4 is 11.8 Å². The Hall–Kier alpha value is 0.310. The van der Waals surface area contributed by atoms with Gasteiger partial charge < -0.3 is 4.74 Å². The number of hydrogen-bond donors (Lipinski definition) is 0. The monoisotopic (exact) mass is 172 g/mol. The zero-order valence-electron chi connectivity index (χ0n) is 6.97. The lowest BCUT2D eigenvalue weighted by atomic mass is 9.94. The average molecular weight is 172 g/mol. The van der Waals surface area contributed by atoms with Crippen LogP contribution in [0.5, 0.6) is 0 Å². The summed E-state index contributed by atoms with van der Waals surface area (Å²) in [6.07, 6.45) is 6.94. The van der Waals surface area contributed by atoms with E-state index in [4.69, 9.17) is 4.74 Å². The van der Waals surface area contributed by atoms with Crippen molar-refractivity contribution in [1.29, 1.82) is 0 Å². The SMILES string of the molecule is C1CCC2(CCCOC2)SC1. The molecule has 1 unspecified atom stereocenters. The summed E-state index contributed by atoms with van der Waals surface area (Å²) in [5.74, 6) is 1.36. The van der Waals surface area contributed by atoms with Gasteiger partial charge in [0.05, 0.1) is 6.61 Å². The van der Waals surface area contributed by atoms with Crippen LogP contribution in [-0.2, 0) is 4.74 Å². The van der Waals surface area contributed by atoms with Gasteiger partial charge in [-0.25, -0.2) is 0 Å². The molecule has 0 radical (unpaired) electrons. The Kier molecular flexibility index (Phi) is 2.42. The number of hydrogen-bond acceptors (Lipinski definition) is 2. The molecule has 2 rings (SSSR count). The van der Waals surface area contributed by atoms with E-state index < -0.39 is 0 Å². The van der Waals surface area contributed by atoms with Crippen LogP contribution in [0.3, 0.4) is 0 Å². The van der Waals surface area contributed by atoms with Gasteiger partial charge in [-0.2, -0.15) is 11.8 Å². The third-order valence-electron chi connectivity index (χ3n) is 2.72. The van der Waals surface area contributed by atoms with Crippen molar-refractivity contribution in [3.8, 4) is 0 Å². The molecule has 0 N–H and O–H groups in total. The molecule has 2 aliphatic rings. The van der Waals surface area contributed by atoms with Crippen LogP contribution in [0.4, 0.5) is 0 Å². The molecule has 2 saturated heterocycles. The van der Waals surface area contributed by atoms with Gasteiger partial charge in [-0.15, -0.1) is 0 Å². The fraction of sp³-hybridized carbons (Fsp3) is 1.00. The Balaban J connectivity index is 1.94. The van der Waals surface area contributed by atoms with Gasteiger partial charge in [0, 0.05) is 11.4 Å². The van der Waals surface area contributed by atoms with E-state index in [2.05, 4.69) is 11.8 Å². The van der Waals surface area contributed by atoms with E-state index in [1.807, 2.05) is 0 Å². The fourth-order valence-corrected chi connectivity index (χ4v) is 3.57. The summed E-state index contributed by atoms with van der Waals surface area (Å²) in [5, 5.41) is 0. The summed E-state index contributed by atoms with van der Waals surface area (Å²) in [6, 6.07) is 0. The molecular weight excluding hydrogens is 156 g/mol. The highest BCUT2D eigenvalue weighted by atomic mass is 32.2. The summed E-state index contributed by atoms with van der Waals surface area (Å²) in [6.45, 7) is 2.03. The first kappa shape index (κ1) is 7.93. The van der Waals surface area contributed by atoms with Crippen LogP contribution >= 0.6 is 11.8 Å². The lowest BCUT2D eigenvalue weighted by Crippen LogP contribution is -2.37. The Morgan fingerprint density at radius 2 is 2.00 bits per heavy atom. The van der Waals surface area contributed by atoms with Gasteiger partial charge in [-0.1, -0.05) is 6.42 Å². The molecule has 0 saturated carbocycles. The first-order chi connectivity index (χ1) is 5.41. The average Bonchev–Trinajstić information content (AvgIpc) is 2.07. The third kappa shape index (κ3) is 1.73. The van der Waals surface area contributed by atoms with Crippen molar-refractivity contribution in [2.75, 3.05) is 19.0 Å². The molecule has 11 heavy (non-hydrogen) atoms. The zero-order chi connectivity index (χ0) is 7.57. The van der Waals surface area contributed by atoms with Gasteiger partial charge in [0.2, 0.25) is 0 Å². The van der Waals surface area contributed by atoms with Crippen LogP contribution < -0.4 is 0 Å². The molecule has 0 amide bonds. The molecule has 1 spiro atoms. The molecule has 1 atom stereocenters. The van der Waals surface area contributed by atoms with Gasteiger partial charge >= 0.3 is 0 Å². The first-order valence-corrected chi connectivity index (χ1v) is 5.62. The maximum Gasteiger partial charge on any atom is 0.0613 e. The summed E-state index contributed by atoms with van der Waals surface area (Å²) in [4.78, 5) is 0. The largest absolute Gasteiger partial charge is 0.380 e. The maximum absolute atomic E-state index is 5.54. The molecule has 2 heterocycles. The van der Waals surface area contributed by atoms with Gasteiger partial charge in [0.1, 0.15) is 0 Å². The van der Waals surface area contributed by atoms with E-state index in [9.17, 15) is 0 Å². The Morgan fingerprint density at radius 3 is 2.64 bits per heavy atom. The molecule has 0 aromatic carbocycles. The highest BCUT2D eigenvalue weighted by molar-refractivity contribution is 8.00. The summed E-state index contributed by atoms with van der Waals surface area (Å²) >= 11 is 2.16. The van der Waals surface area contributed by atoms with Crippen LogP contribution in [0.1, 0.15) is 32.1 Å². The second-order valence-corrected chi connectivity index (χ2v) is 5.21. The second kappa shape index (κ2) is 3.36.